The molecule has 2 amide bonds. The van der Waals surface area contributed by atoms with Crippen LogP contribution in [0, 0.1) is 29.4 Å². The van der Waals surface area contributed by atoms with Crippen LogP contribution in [0.15, 0.2) is 18.2 Å². The van der Waals surface area contributed by atoms with Gasteiger partial charge in [-0.1, -0.05) is 13.8 Å². The fraction of sp³-hybridized carbons (Fsp3) is 0.556. The number of carbonyl (C=O) groups excluding carboxylic acids is 2. The summed E-state index contributed by atoms with van der Waals surface area (Å²) in [6.07, 6.45) is 1.13. The molecule has 0 saturated carbocycles. The molecule has 1 aromatic carbocycles. The van der Waals surface area contributed by atoms with E-state index in [0.717, 1.165) is 31.6 Å². The van der Waals surface area contributed by atoms with Crippen LogP contribution in [0.1, 0.15) is 30.6 Å². The first-order valence-electron chi connectivity index (χ1n) is 8.38. The minimum atomic E-state index is -1.04. The molecule has 0 radical (unpaired) electrons. The number of rotatable bonds is 2. The van der Waals surface area contributed by atoms with E-state index in [2.05, 4.69) is 13.8 Å². The van der Waals surface area contributed by atoms with Gasteiger partial charge in [-0.05, 0) is 36.5 Å². The second-order valence-electron chi connectivity index (χ2n) is 7.23. The summed E-state index contributed by atoms with van der Waals surface area (Å²) in [6.45, 7) is 6.53. The van der Waals surface area contributed by atoms with Gasteiger partial charge in [0.2, 0.25) is 5.91 Å². The van der Waals surface area contributed by atoms with Crippen molar-refractivity contribution in [2.75, 3.05) is 26.2 Å². The van der Waals surface area contributed by atoms with Crippen LogP contribution in [-0.4, -0.2) is 47.8 Å². The molecule has 24 heavy (non-hydrogen) atoms. The number of amides is 2. The predicted octanol–water partition coefficient (Wildman–Crippen LogP) is 2.54. The first kappa shape index (κ1) is 16.9. The number of piperidine rings is 1. The normalized spacial score (nSPS) is 24.7. The Balaban J connectivity index is 1.57. The predicted molar refractivity (Wildman–Crippen MR) is 85.3 cm³/mol. The topological polar surface area (TPSA) is 40.6 Å². The summed E-state index contributed by atoms with van der Waals surface area (Å²) in [5.41, 5.74) is 0.111. The molecule has 2 unspecified atom stereocenters. The third kappa shape index (κ3) is 3.28. The molecule has 0 N–H and O–H groups in total. The molecule has 0 spiro atoms. The van der Waals surface area contributed by atoms with Crippen LogP contribution in [0.3, 0.4) is 0 Å². The van der Waals surface area contributed by atoms with Crippen molar-refractivity contribution in [2.45, 2.75) is 20.3 Å². The molecule has 6 heteroatoms. The van der Waals surface area contributed by atoms with Crippen LogP contribution in [0.2, 0.25) is 0 Å². The second kappa shape index (κ2) is 6.49. The van der Waals surface area contributed by atoms with Crippen LogP contribution >= 0.6 is 0 Å². The lowest BCUT2D eigenvalue weighted by Gasteiger charge is -2.43. The van der Waals surface area contributed by atoms with Crippen molar-refractivity contribution in [3.8, 4) is 0 Å². The van der Waals surface area contributed by atoms with Gasteiger partial charge >= 0.3 is 0 Å². The molecule has 0 aliphatic carbocycles. The zero-order valence-electron chi connectivity index (χ0n) is 14.0. The molecule has 130 valence electrons. The molecule has 3 rings (SSSR count). The Kier molecular flexibility index (Phi) is 4.56. The first-order chi connectivity index (χ1) is 11.3. The van der Waals surface area contributed by atoms with Gasteiger partial charge in [-0.2, -0.15) is 0 Å². The summed E-state index contributed by atoms with van der Waals surface area (Å²) >= 11 is 0. The van der Waals surface area contributed by atoms with Crippen molar-refractivity contribution in [1.82, 2.24) is 9.80 Å². The highest BCUT2D eigenvalue weighted by atomic mass is 19.2. The molecule has 2 aliphatic heterocycles. The van der Waals surface area contributed by atoms with Gasteiger partial charge < -0.3 is 9.80 Å². The summed E-state index contributed by atoms with van der Waals surface area (Å²) < 4.78 is 26.2. The van der Waals surface area contributed by atoms with Crippen LogP contribution in [0.4, 0.5) is 8.78 Å². The highest BCUT2D eigenvalue weighted by Gasteiger charge is 2.39. The van der Waals surface area contributed by atoms with E-state index in [4.69, 9.17) is 0 Å². The van der Waals surface area contributed by atoms with Crippen molar-refractivity contribution < 1.29 is 18.4 Å². The molecule has 1 aromatic rings. The van der Waals surface area contributed by atoms with Crippen LogP contribution in [0.5, 0.6) is 0 Å². The van der Waals surface area contributed by atoms with E-state index in [-0.39, 0.29) is 23.3 Å². The Hall–Kier alpha value is -1.98. The summed E-state index contributed by atoms with van der Waals surface area (Å²) in [4.78, 5) is 28.2. The van der Waals surface area contributed by atoms with Gasteiger partial charge in [0.1, 0.15) is 0 Å². The number of halogens is 2. The maximum Gasteiger partial charge on any atom is 0.254 e. The lowest BCUT2D eigenvalue weighted by molar-refractivity contribution is -0.142. The van der Waals surface area contributed by atoms with E-state index >= 15 is 0 Å². The van der Waals surface area contributed by atoms with Crippen molar-refractivity contribution in [2.24, 2.45) is 17.8 Å². The number of nitrogens with zero attached hydrogens (tertiary/aromatic N) is 2. The quantitative estimate of drug-likeness (QED) is 0.833. The average Bonchev–Trinajstić information content (AvgIpc) is 2.47. The molecule has 2 heterocycles. The third-order valence-corrected chi connectivity index (χ3v) is 4.87. The summed E-state index contributed by atoms with van der Waals surface area (Å²) in [6, 6.07) is 3.12. The number of benzene rings is 1. The van der Waals surface area contributed by atoms with Crippen LogP contribution in [0.25, 0.3) is 0 Å². The van der Waals surface area contributed by atoms with Crippen molar-refractivity contribution in [3.63, 3.8) is 0 Å². The number of hydrogen-bond donors (Lipinski definition) is 0. The molecule has 2 atom stereocenters. The highest BCUT2D eigenvalue weighted by Crippen LogP contribution is 2.26. The molecule has 0 aromatic heterocycles. The molecular formula is C18H22F2N2O2. The Bertz CT molecular complexity index is 648. The average molecular weight is 336 g/mol. The summed E-state index contributed by atoms with van der Waals surface area (Å²) in [5.74, 6) is -1.46. The molecule has 2 saturated heterocycles. The Morgan fingerprint density at radius 3 is 2.17 bits per heavy atom. The minimum Gasteiger partial charge on any atom is -0.342 e. The Morgan fingerprint density at radius 1 is 0.958 bits per heavy atom. The fourth-order valence-corrected chi connectivity index (χ4v) is 3.71. The smallest absolute Gasteiger partial charge is 0.254 e. The zero-order chi connectivity index (χ0) is 17.4. The summed E-state index contributed by atoms with van der Waals surface area (Å²) in [5, 5.41) is 0. The van der Waals surface area contributed by atoms with Gasteiger partial charge in [0.15, 0.2) is 11.6 Å². The van der Waals surface area contributed by atoms with Gasteiger partial charge in [-0.15, -0.1) is 0 Å². The highest BCUT2D eigenvalue weighted by molar-refractivity contribution is 5.96. The fourth-order valence-electron chi connectivity index (χ4n) is 3.71. The van der Waals surface area contributed by atoms with E-state index < -0.39 is 11.6 Å². The van der Waals surface area contributed by atoms with E-state index in [1.165, 1.54) is 11.0 Å². The SMILES string of the molecule is CC1CC(C)CN(C(=O)C2CN(C(=O)c3ccc(F)c(F)c3)C2)C1. The molecule has 0 bridgehead atoms. The summed E-state index contributed by atoms with van der Waals surface area (Å²) in [7, 11) is 0. The lowest BCUT2D eigenvalue weighted by Crippen LogP contribution is -2.58. The van der Waals surface area contributed by atoms with E-state index in [1.807, 2.05) is 4.90 Å². The molecule has 2 aliphatic rings. The molecule has 4 nitrogen and oxygen atoms in total. The van der Waals surface area contributed by atoms with Gasteiger partial charge in [-0.25, -0.2) is 8.78 Å². The Morgan fingerprint density at radius 2 is 1.58 bits per heavy atom. The van der Waals surface area contributed by atoms with Crippen LogP contribution < -0.4 is 0 Å². The number of hydrogen-bond acceptors (Lipinski definition) is 2. The third-order valence-electron chi connectivity index (χ3n) is 4.87. The first-order valence-corrected chi connectivity index (χ1v) is 8.38. The minimum absolute atomic E-state index is 0.0998. The zero-order valence-corrected chi connectivity index (χ0v) is 14.0. The second-order valence-corrected chi connectivity index (χ2v) is 7.23. The number of carbonyl (C=O) groups is 2. The largest absolute Gasteiger partial charge is 0.342 e. The van der Waals surface area contributed by atoms with E-state index in [0.29, 0.717) is 24.9 Å². The van der Waals surface area contributed by atoms with Gasteiger partial charge in [0, 0.05) is 31.7 Å². The van der Waals surface area contributed by atoms with Crippen LogP contribution in [-0.2, 0) is 4.79 Å². The van der Waals surface area contributed by atoms with Crippen molar-refractivity contribution >= 4 is 11.8 Å². The monoisotopic (exact) mass is 336 g/mol. The maximum atomic E-state index is 13.2. The van der Waals surface area contributed by atoms with Crippen molar-refractivity contribution in [1.29, 1.82) is 0 Å². The Labute approximate surface area is 140 Å². The van der Waals surface area contributed by atoms with Crippen molar-refractivity contribution in [3.05, 3.63) is 35.4 Å². The molecular weight excluding hydrogens is 314 g/mol. The lowest BCUT2D eigenvalue weighted by atomic mass is 9.89. The number of likely N-dealkylation sites (tertiary alicyclic amines) is 2. The standard InChI is InChI=1S/C18H22F2N2O2/c1-11-5-12(2)8-21(7-11)18(24)14-9-22(10-14)17(23)13-3-4-15(19)16(20)6-13/h3-4,6,11-12,14H,5,7-10H2,1-2H3. The van der Waals surface area contributed by atoms with E-state index in [9.17, 15) is 18.4 Å². The van der Waals surface area contributed by atoms with E-state index in [1.54, 1.807) is 0 Å². The van der Waals surface area contributed by atoms with Gasteiger partial charge in [0.05, 0.1) is 5.92 Å². The van der Waals surface area contributed by atoms with Gasteiger partial charge in [-0.3, -0.25) is 9.59 Å². The van der Waals surface area contributed by atoms with Gasteiger partial charge in [0.25, 0.3) is 5.91 Å². The molecule has 2 fully saturated rings. The maximum absolute atomic E-state index is 13.2.